The molecule has 0 atom stereocenters. The molecule has 1 aliphatic carbocycles. The average Bonchev–Trinajstić information content (AvgIpc) is 3.41. The maximum absolute atomic E-state index is 14.5. The van der Waals surface area contributed by atoms with Crippen molar-refractivity contribution in [2.24, 2.45) is 5.41 Å². The monoisotopic (exact) mass is 574 g/mol. The Bertz CT molecular complexity index is 1590. The summed E-state index contributed by atoms with van der Waals surface area (Å²) in [6.07, 6.45) is 3.42. The highest BCUT2D eigenvalue weighted by Gasteiger charge is 2.39. The highest BCUT2D eigenvalue weighted by molar-refractivity contribution is 7.17. The molecular formula is C32H35FN4O3S. The molecule has 1 amide bonds. The van der Waals surface area contributed by atoms with Crippen molar-refractivity contribution >= 4 is 27.5 Å². The molecule has 6 rings (SSSR count). The molecule has 0 spiro atoms. The zero-order valence-corrected chi connectivity index (χ0v) is 24.5. The van der Waals surface area contributed by atoms with Crippen LogP contribution >= 0.6 is 11.3 Å². The largest absolute Gasteiger partial charge is 0.492 e. The van der Waals surface area contributed by atoms with E-state index < -0.39 is 11.7 Å². The van der Waals surface area contributed by atoms with Crippen LogP contribution in [0.5, 0.6) is 5.75 Å². The second-order valence-electron chi connectivity index (χ2n) is 12.1. The fourth-order valence-corrected chi connectivity index (χ4v) is 6.45. The number of amides is 1. The number of nitrogens with zero attached hydrogens (tertiary/aromatic N) is 2. The smallest absolute Gasteiger partial charge is 0.407 e. The SMILES string of the molecule is CC(C)(C)OC(=O)NCC1(COc2cc(F)ccc2-c2nnc(-c3ccc4c(c3)CCNC4)c3ccsc23)CCC1. The summed E-state index contributed by atoms with van der Waals surface area (Å²) in [6, 6.07) is 13.1. The molecule has 2 N–H and O–H groups in total. The van der Waals surface area contributed by atoms with Gasteiger partial charge in [0.25, 0.3) is 0 Å². The van der Waals surface area contributed by atoms with Gasteiger partial charge in [0.05, 0.1) is 11.3 Å². The lowest BCUT2D eigenvalue weighted by Gasteiger charge is -2.41. The molecule has 214 valence electrons. The molecule has 2 aromatic heterocycles. The molecule has 1 fully saturated rings. The first-order valence-corrected chi connectivity index (χ1v) is 15.0. The van der Waals surface area contributed by atoms with Crippen molar-refractivity contribution in [3.8, 4) is 28.3 Å². The number of thiophene rings is 1. The molecule has 2 aliphatic rings. The van der Waals surface area contributed by atoms with Gasteiger partial charge in [-0.05, 0) is 87.4 Å². The third kappa shape index (κ3) is 5.92. The van der Waals surface area contributed by atoms with Crippen LogP contribution in [0.2, 0.25) is 0 Å². The van der Waals surface area contributed by atoms with Crippen LogP contribution in [-0.2, 0) is 17.7 Å². The summed E-state index contributed by atoms with van der Waals surface area (Å²) in [4.78, 5) is 12.3. The normalized spacial score (nSPS) is 16.1. The Labute approximate surface area is 243 Å². The van der Waals surface area contributed by atoms with E-state index in [1.807, 2.05) is 26.2 Å². The number of aromatic nitrogens is 2. The minimum atomic E-state index is -0.565. The molecule has 1 saturated carbocycles. The van der Waals surface area contributed by atoms with Crippen molar-refractivity contribution in [1.29, 1.82) is 0 Å². The molecule has 9 heteroatoms. The quantitative estimate of drug-likeness (QED) is 0.250. The molecule has 4 aromatic rings. The van der Waals surface area contributed by atoms with Gasteiger partial charge in [-0.1, -0.05) is 18.6 Å². The lowest BCUT2D eigenvalue weighted by atomic mass is 9.69. The van der Waals surface area contributed by atoms with E-state index in [4.69, 9.17) is 9.47 Å². The summed E-state index contributed by atoms with van der Waals surface area (Å²) in [5.41, 5.74) is 5.14. The summed E-state index contributed by atoms with van der Waals surface area (Å²) in [5.74, 6) is 0.0421. The van der Waals surface area contributed by atoms with Crippen LogP contribution in [0.1, 0.15) is 51.2 Å². The first kappa shape index (κ1) is 27.6. The second-order valence-corrected chi connectivity index (χ2v) is 13.0. The maximum Gasteiger partial charge on any atom is 0.407 e. The van der Waals surface area contributed by atoms with Gasteiger partial charge in [-0.3, -0.25) is 0 Å². The van der Waals surface area contributed by atoms with Gasteiger partial charge in [0.15, 0.2) is 0 Å². The Morgan fingerprint density at radius 2 is 1.93 bits per heavy atom. The topological polar surface area (TPSA) is 85.4 Å². The third-order valence-electron chi connectivity index (χ3n) is 7.91. The summed E-state index contributed by atoms with van der Waals surface area (Å²) < 4.78 is 27.2. The molecule has 3 heterocycles. The van der Waals surface area contributed by atoms with Crippen molar-refractivity contribution in [3.63, 3.8) is 0 Å². The van der Waals surface area contributed by atoms with Crippen LogP contribution in [0.25, 0.3) is 32.6 Å². The average molecular weight is 575 g/mol. The summed E-state index contributed by atoms with van der Waals surface area (Å²) in [6.45, 7) is 8.16. The number of rotatable bonds is 7. The van der Waals surface area contributed by atoms with E-state index in [2.05, 4.69) is 45.1 Å². The van der Waals surface area contributed by atoms with Crippen LogP contribution in [-0.4, -0.2) is 41.6 Å². The number of carbonyl (C=O) groups is 1. The van der Waals surface area contributed by atoms with Crippen molar-refractivity contribution in [3.05, 3.63) is 64.8 Å². The van der Waals surface area contributed by atoms with E-state index in [1.54, 1.807) is 17.4 Å². The van der Waals surface area contributed by atoms with Gasteiger partial charge in [0.2, 0.25) is 0 Å². The number of benzene rings is 2. The van der Waals surface area contributed by atoms with E-state index in [0.29, 0.717) is 30.2 Å². The van der Waals surface area contributed by atoms with E-state index in [0.717, 1.165) is 60.1 Å². The predicted molar refractivity (Wildman–Crippen MR) is 160 cm³/mol. The Kier molecular flexibility index (Phi) is 7.42. The third-order valence-corrected chi connectivity index (χ3v) is 8.83. The van der Waals surface area contributed by atoms with E-state index in [9.17, 15) is 9.18 Å². The molecule has 0 saturated heterocycles. The molecule has 0 radical (unpaired) electrons. The Hall–Kier alpha value is -3.56. The Morgan fingerprint density at radius 1 is 1.10 bits per heavy atom. The summed E-state index contributed by atoms with van der Waals surface area (Å²) in [7, 11) is 0. The molecule has 2 aromatic carbocycles. The van der Waals surface area contributed by atoms with Gasteiger partial charge < -0.3 is 20.1 Å². The van der Waals surface area contributed by atoms with E-state index in [-0.39, 0.29) is 11.2 Å². The number of carbonyl (C=O) groups excluding carboxylic acids is 1. The zero-order chi connectivity index (χ0) is 28.6. The molecule has 0 unspecified atom stereocenters. The lowest BCUT2D eigenvalue weighted by molar-refractivity contribution is 0.0330. The number of hydrogen-bond donors (Lipinski definition) is 2. The Balaban J connectivity index is 1.26. The zero-order valence-electron chi connectivity index (χ0n) is 23.7. The van der Waals surface area contributed by atoms with Gasteiger partial charge in [-0.15, -0.1) is 21.5 Å². The minimum Gasteiger partial charge on any atom is -0.492 e. The predicted octanol–water partition coefficient (Wildman–Crippen LogP) is 6.88. The standard InChI is InChI=1S/C32H35FN4O3S/c1-31(2,3)40-30(38)35-18-32(11-4-12-32)19-39-26-16-23(33)7-8-24(26)28-29-25(10-14-41-29)27(36-37-28)21-5-6-22-17-34-13-9-20(22)15-21/h5-8,10,14-16,34H,4,9,11-13,17-19H2,1-3H3,(H,35,38). The van der Waals surface area contributed by atoms with Crippen LogP contribution in [0.4, 0.5) is 9.18 Å². The van der Waals surface area contributed by atoms with E-state index >= 15 is 0 Å². The second kappa shape index (κ2) is 11.0. The first-order valence-electron chi connectivity index (χ1n) is 14.2. The Morgan fingerprint density at radius 3 is 2.71 bits per heavy atom. The fourth-order valence-electron chi connectivity index (χ4n) is 5.56. The summed E-state index contributed by atoms with van der Waals surface area (Å²) in [5, 5.41) is 18.7. The summed E-state index contributed by atoms with van der Waals surface area (Å²) >= 11 is 1.59. The lowest BCUT2D eigenvalue weighted by Crippen LogP contribution is -2.47. The molecule has 41 heavy (non-hydrogen) atoms. The van der Waals surface area contributed by atoms with E-state index in [1.165, 1.54) is 23.3 Å². The molecule has 0 bridgehead atoms. The first-order chi connectivity index (χ1) is 19.7. The van der Waals surface area contributed by atoms with Crippen molar-refractivity contribution in [2.45, 2.75) is 58.6 Å². The van der Waals surface area contributed by atoms with Crippen LogP contribution < -0.4 is 15.4 Å². The van der Waals surface area contributed by atoms with Gasteiger partial charge >= 0.3 is 6.09 Å². The number of hydrogen-bond acceptors (Lipinski definition) is 7. The van der Waals surface area contributed by atoms with Crippen LogP contribution in [0, 0.1) is 11.2 Å². The number of fused-ring (bicyclic) bond motifs is 2. The van der Waals surface area contributed by atoms with Gasteiger partial charge in [-0.25, -0.2) is 9.18 Å². The minimum absolute atomic E-state index is 0.226. The highest BCUT2D eigenvalue weighted by Crippen LogP contribution is 2.43. The van der Waals surface area contributed by atoms with Gasteiger partial charge in [-0.2, -0.15) is 0 Å². The van der Waals surface area contributed by atoms with Crippen molar-refractivity contribution < 1.29 is 18.7 Å². The fraction of sp³-hybridized carbons (Fsp3) is 0.406. The van der Waals surface area contributed by atoms with Crippen LogP contribution in [0.3, 0.4) is 0 Å². The number of alkyl carbamates (subject to hydrolysis) is 1. The highest BCUT2D eigenvalue weighted by atomic mass is 32.1. The molecule has 1 aliphatic heterocycles. The number of ether oxygens (including phenoxy) is 2. The van der Waals surface area contributed by atoms with Gasteiger partial charge in [0, 0.05) is 41.1 Å². The number of halogens is 1. The van der Waals surface area contributed by atoms with Crippen LogP contribution in [0.15, 0.2) is 47.8 Å². The van der Waals surface area contributed by atoms with Gasteiger partial charge in [0.1, 0.15) is 28.6 Å². The van der Waals surface area contributed by atoms with Crippen molar-refractivity contribution in [2.75, 3.05) is 19.7 Å². The number of nitrogens with one attached hydrogen (secondary N) is 2. The molecular weight excluding hydrogens is 539 g/mol. The van der Waals surface area contributed by atoms with Crippen molar-refractivity contribution in [1.82, 2.24) is 20.8 Å². The maximum atomic E-state index is 14.5. The molecule has 7 nitrogen and oxygen atoms in total.